The van der Waals surface area contributed by atoms with E-state index in [2.05, 4.69) is 28.1 Å². The lowest BCUT2D eigenvalue weighted by Crippen LogP contribution is -2.21. The molecule has 0 saturated carbocycles. The molecule has 1 aliphatic heterocycles. The van der Waals surface area contributed by atoms with Crippen LogP contribution in [0.4, 0.5) is 0 Å². The third kappa shape index (κ3) is 4.26. The monoisotopic (exact) mass is 363 g/mol. The average molecular weight is 363 g/mol. The summed E-state index contributed by atoms with van der Waals surface area (Å²) in [6.07, 6.45) is 2.33. The maximum Gasteiger partial charge on any atom is 0.213 e. The Bertz CT molecular complexity index is 897. The zero-order chi connectivity index (χ0) is 18.6. The highest BCUT2D eigenvalue weighted by Crippen LogP contribution is 2.24. The Morgan fingerprint density at radius 3 is 2.81 bits per heavy atom. The summed E-state index contributed by atoms with van der Waals surface area (Å²) in [6.45, 7) is 4.91. The number of nitrogens with zero attached hydrogens (tertiary/aromatic N) is 3. The van der Waals surface area contributed by atoms with E-state index in [1.807, 2.05) is 43.5 Å². The molecule has 0 aliphatic carbocycles. The largest absolute Gasteiger partial charge is 0.478 e. The van der Waals surface area contributed by atoms with Crippen molar-refractivity contribution in [1.82, 2.24) is 14.9 Å². The predicted octanol–water partition coefficient (Wildman–Crippen LogP) is 3.06. The van der Waals surface area contributed by atoms with Crippen molar-refractivity contribution in [3.8, 4) is 5.88 Å². The van der Waals surface area contributed by atoms with Crippen molar-refractivity contribution in [1.29, 1.82) is 0 Å². The number of rotatable bonds is 6. The zero-order valence-electron chi connectivity index (χ0n) is 15.6. The van der Waals surface area contributed by atoms with E-state index in [4.69, 9.17) is 9.72 Å². The molecular weight excluding hydrogens is 338 g/mol. The quantitative estimate of drug-likeness (QED) is 0.729. The Labute approximate surface area is 159 Å². The van der Waals surface area contributed by atoms with E-state index >= 15 is 0 Å². The average Bonchev–Trinajstić information content (AvgIpc) is 3.02. The molecule has 2 atom stereocenters. The number of fused-ring (bicyclic) bond motifs is 1. The van der Waals surface area contributed by atoms with Gasteiger partial charge in [-0.2, -0.15) is 0 Å². The summed E-state index contributed by atoms with van der Waals surface area (Å²) in [6, 6.07) is 16.3. The van der Waals surface area contributed by atoms with Crippen LogP contribution < -0.4 is 4.74 Å². The Hall–Kier alpha value is -2.50. The minimum Gasteiger partial charge on any atom is -0.478 e. The molecule has 1 aliphatic rings. The first-order valence-electron chi connectivity index (χ1n) is 9.54. The van der Waals surface area contributed by atoms with Gasteiger partial charge in [-0.1, -0.05) is 30.3 Å². The normalized spacial score (nSPS) is 20.2. The van der Waals surface area contributed by atoms with Gasteiger partial charge in [0.05, 0.1) is 18.2 Å². The van der Waals surface area contributed by atoms with Gasteiger partial charge >= 0.3 is 0 Å². The topological polar surface area (TPSA) is 58.5 Å². The molecular formula is C22H25N3O2. The Balaban J connectivity index is 1.38. The van der Waals surface area contributed by atoms with Crippen LogP contribution in [0.5, 0.6) is 5.88 Å². The molecule has 140 valence electrons. The van der Waals surface area contributed by atoms with E-state index < -0.39 is 0 Å². The number of likely N-dealkylation sites (tertiary alicyclic amines) is 1. The molecule has 0 radical (unpaired) electrons. The van der Waals surface area contributed by atoms with Crippen LogP contribution in [0.25, 0.3) is 10.9 Å². The lowest BCUT2D eigenvalue weighted by atomic mass is 9.99. The molecule has 1 N–H and O–H groups in total. The van der Waals surface area contributed by atoms with Crippen molar-refractivity contribution in [2.24, 2.45) is 5.92 Å². The summed E-state index contributed by atoms with van der Waals surface area (Å²) in [5.74, 6) is 0.859. The second kappa shape index (κ2) is 8.03. The van der Waals surface area contributed by atoms with Crippen LogP contribution in [0, 0.1) is 5.92 Å². The number of hydrogen-bond acceptors (Lipinski definition) is 5. The van der Waals surface area contributed by atoms with Crippen LogP contribution in [-0.4, -0.2) is 45.8 Å². The smallest absolute Gasteiger partial charge is 0.213 e. The summed E-state index contributed by atoms with van der Waals surface area (Å²) < 4.78 is 5.39. The van der Waals surface area contributed by atoms with E-state index in [-0.39, 0.29) is 12.0 Å². The molecule has 1 fully saturated rings. The molecule has 3 heterocycles. The van der Waals surface area contributed by atoms with Crippen LogP contribution in [0.1, 0.15) is 18.2 Å². The van der Waals surface area contributed by atoms with Gasteiger partial charge in [0.1, 0.15) is 0 Å². The van der Waals surface area contributed by atoms with Gasteiger partial charge in [-0.3, -0.25) is 9.88 Å². The molecule has 3 aromatic rings. The zero-order valence-corrected chi connectivity index (χ0v) is 15.6. The van der Waals surface area contributed by atoms with Crippen molar-refractivity contribution in [2.75, 3.05) is 19.7 Å². The lowest BCUT2D eigenvalue weighted by molar-refractivity contribution is 0.140. The molecule has 0 spiro atoms. The second-order valence-electron chi connectivity index (χ2n) is 7.16. The fourth-order valence-electron chi connectivity index (χ4n) is 3.76. The van der Waals surface area contributed by atoms with E-state index in [0.717, 1.165) is 41.7 Å². The fourth-order valence-corrected chi connectivity index (χ4v) is 3.76. The summed E-state index contributed by atoms with van der Waals surface area (Å²) in [5, 5.41) is 11.7. The maximum atomic E-state index is 10.5. The van der Waals surface area contributed by atoms with Gasteiger partial charge < -0.3 is 9.84 Å². The number of β-amino-alcohol motifs (C(OH)–C–C–N with tert-alkyl or cyclic N) is 1. The first kappa shape index (κ1) is 17.9. The highest BCUT2D eigenvalue weighted by Gasteiger charge is 2.31. The summed E-state index contributed by atoms with van der Waals surface area (Å²) in [4.78, 5) is 11.4. The van der Waals surface area contributed by atoms with Gasteiger partial charge in [-0.05, 0) is 31.0 Å². The lowest BCUT2D eigenvalue weighted by Gasteiger charge is -2.15. The van der Waals surface area contributed by atoms with Crippen molar-refractivity contribution >= 4 is 10.9 Å². The number of aromatic nitrogens is 2. The maximum absolute atomic E-state index is 10.5. The third-order valence-corrected chi connectivity index (χ3v) is 5.11. The SMILES string of the molecule is CCOc1ccc(CN2C[C@@H](Cc3ccc4ccccc4n3)[C@H](O)C2)cn1. The minimum atomic E-state index is -0.325. The molecule has 0 bridgehead atoms. The van der Waals surface area contributed by atoms with Crippen LogP contribution in [0.2, 0.25) is 0 Å². The molecule has 1 aromatic carbocycles. The van der Waals surface area contributed by atoms with Crippen molar-refractivity contribution in [2.45, 2.75) is 26.0 Å². The summed E-state index contributed by atoms with van der Waals surface area (Å²) in [5.41, 5.74) is 3.19. The molecule has 27 heavy (non-hydrogen) atoms. The molecule has 5 nitrogen and oxygen atoms in total. The van der Waals surface area contributed by atoms with Gasteiger partial charge in [0, 0.05) is 48.9 Å². The van der Waals surface area contributed by atoms with Crippen LogP contribution in [0.3, 0.4) is 0 Å². The predicted molar refractivity (Wildman–Crippen MR) is 106 cm³/mol. The van der Waals surface area contributed by atoms with Crippen molar-refractivity contribution < 1.29 is 9.84 Å². The second-order valence-corrected chi connectivity index (χ2v) is 7.16. The number of aliphatic hydroxyl groups excluding tert-OH is 1. The minimum absolute atomic E-state index is 0.203. The summed E-state index contributed by atoms with van der Waals surface area (Å²) in [7, 11) is 0. The van der Waals surface area contributed by atoms with Crippen LogP contribution in [0.15, 0.2) is 54.7 Å². The summed E-state index contributed by atoms with van der Waals surface area (Å²) >= 11 is 0. The Morgan fingerprint density at radius 1 is 1.11 bits per heavy atom. The van der Waals surface area contributed by atoms with Gasteiger partial charge in [0.15, 0.2) is 0 Å². The first-order chi connectivity index (χ1) is 13.2. The number of benzene rings is 1. The number of aliphatic hydroxyl groups is 1. The van der Waals surface area contributed by atoms with Gasteiger partial charge in [0.2, 0.25) is 5.88 Å². The van der Waals surface area contributed by atoms with Crippen LogP contribution >= 0.6 is 0 Å². The van der Waals surface area contributed by atoms with E-state index in [9.17, 15) is 5.11 Å². The third-order valence-electron chi connectivity index (χ3n) is 5.11. The molecule has 2 aromatic heterocycles. The Kier molecular flexibility index (Phi) is 5.32. The number of pyridine rings is 2. The van der Waals surface area contributed by atoms with Crippen molar-refractivity contribution in [3.63, 3.8) is 0 Å². The molecule has 0 unspecified atom stereocenters. The molecule has 4 rings (SSSR count). The van der Waals surface area contributed by atoms with Gasteiger partial charge in [0.25, 0.3) is 0 Å². The number of ether oxygens (including phenoxy) is 1. The van der Waals surface area contributed by atoms with Crippen LogP contribution in [-0.2, 0) is 13.0 Å². The highest BCUT2D eigenvalue weighted by molar-refractivity contribution is 5.78. The van der Waals surface area contributed by atoms with E-state index in [0.29, 0.717) is 19.0 Å². The first-order valence-corrected chi connectivity index (χ1v) is 9.54. The van der Waals surface area contributed by atoms with Crippen molar-refractivity contribution in [3.05, 3.63) is 66.0 Å². The van der Waals surface area contributed by atoms with E-state index in [1.165, 1.54) is 0 Å². The van der Waals surface area contributed by atoms with Gasteiger partial charge in [-0.15, -0.1) is 0 Å². The number of para-hydroxylation sites is 1. The number of hydrogen-bond donors (Lipinski definition) is 1. The fraction of sp³-hybridized carbons (Fsp3) is 0.364. The van der Waals surface area contributed by atoms with Gasteiger partial charge in [-0.25, -0.2) is 4.98 Å². The van der Waals surface area contributed by atoms with E-state index in [1.54, 1.807) is 0 Å². The molecule has 0 amide bonds. The standard InChI is InChI=1S/C22H25N3O2/c1-2-27-22-10-7-16(12-23-22)13-25-14-18(21(26)15-25)11-19-9-8-17-5-3-4-6-20(17)24-19/h3-10,12,18,21,26H,2,11,13-15H2,1H3/t18-,21-/m1/s1. The molecule has 1 saturated heterocycles. The highest BCUT2D eigenvalue weighted by atomic mass is 16.5. The molecule has 5 heteroatoms. The Morgan fingerprint density at radius 2 is 2.00 bits per heavy atom.